The Bertz CT molecular complexity index is 2600. The number of alkyl halides is 1. The van der Waals surface area contributed by atoms with E-state index in [1.165, 1.54) is 19.4 Å². The van der Waals surface area contributed by atoms with Crippen LogP contribution in [0.25, 0.3) is 33.3 Å². The van der Waals surface area contributed by atoms with E-state index in [9.17, 15) is 18.8 Å². The molecule has 2 unspecified atom stereocenters. The quantitative estimate of drug-likeness (QED) is 0.193. The number of carbonyl (C=O) groups is 1. The zero-order valence-corrected chi connectivity index (χ0v) is 32.9. The van der Waals surface area contributed by atoms with Crippen LogP contribution in [0.2, 0.25) is 0 Å². The Kier molecular flexibility index (Phi) is 9.97. The van der Waals surface area contributed by atoms with E-state index in [0.29, 0.717) is 56.4 Å². The number of anilines is 4. The van der Waals surface area contributed by atoms with Gasteiger partial charge in [-0.2, -0.15) is 0 Å². The van der Waals surface area contributed by atoms with Crippen LogP contribution >= 0.6 is 0 Å². The number of rotatable bonds is 9. The number of pyridine rings is 2. The summed E-state index contributed by atoms with van der Waals surface area (Å²) in [6.45, 7) is 2.86. The van der Waals surface area contributed by atoms with E-state index in [1.54, 1.807) is 4.90 Å². The van der Waals surface area contributed by atoms with Gasteiger partial charge in [0, 0.05) is 63.7 Å². The van der Waals surface area contributed by atoms with Crippen LogP contribution in [-0.2, 0) is 6.54 Å². The number of aryl methyl sites for hydroxylation is 1. The molecule has 1 aliphatic carbocycles. The van der Waals surface area contributed by atoms with Gasteiger partial charge < -0.3 is 43.2 Å². The summed E-state index contributed by atoms with van der Waals surface area (Å²) in [7, 11) is 5.46. The van der Waals surface area contributed by atoms with Gasteiger partial charge in [-0.15, -0.1) is 5.10 Å². The summed E-state index contributed by atoms with van der Waals surface area (Å²) >= 11 is 0. The third kappa shape index (κ3) is 6.82. The number of hydrogen-bond acceptors (Lipinski definition) is 11. The summed E-state index contributed by atoms with van der Waals surface area (Å²) in [5.41, 5.74) is -1.73. The second kappa shape index (κ2) is 15.2. The fourth-order valence-corrected chi connectivity index (χ4v) is 9.10. The average Bonchev–Trinajstić information content (AvgIpc) is 3.80. The predicted octanol–water partition coefficient (Wildman–Crippen LogP) is 5.02. The number of carbonyl (C=O) groups excluding carboxylic acids is 1. The number of aromatic nitrogens is 4. The monoisotopic (exact) mass is 820 g/mol. The molecule has 4 aliphatic rings. The van der Waals surface area contributed by atoms with Crippen molar-refractivity contribution in [3.63, 3.8) is 0 Å². The number of piperidine rings is 1. The molecule has 3 aliphatic heterocycles. The molecular formula is C40H44F4N10O5. The van der Waals surface area contributed by atoms with Crippen molar-refractivity contribution >= 4 is 50.9 Å². The van der Waals surface area contributed by atoms with Gasteiger partial charge in [0.2, 0.25) is 10.9 Å². The lowest BCUT2D eigenvalue weighted by molar-refractivity contribution is 0.158. The fraction of sp³-hybridized carbons (Fsp3) is 0.475. The number of halogens is 4. The topological polar surface area (TPSA) is 146 Å². The van der Waals surface area contributed by atoms with Gasteiger partial charge in [-0.1, -0.05) is 5.10 Å². The number of methoxy groups -OCH3 is 1. The first kappa shape index (κ1) is 38.8. The second-order valence-corrected chi connectivity index (χ2v) is 16.0. The highest BCUT2D eigenvalue weighted by Gasteiger charge is 2.40. The summed E-state index contributed by atoms with van der Waals surface area (Å²) in [5, 5.41) is 12.2. The number of nitrogens with zero attached hydrogens (tertiary/aromatic N) is 8. The standard InChI is InChI=1S/C40H44F4N10O5/c1-49-11-13-51(14-12-49)33-26(42)15-23-31(30(33)44)52(10-8-41)18-25(35(23)55)38-47-48-40(59-38)46-39(57)45-28-19-54(22-6-7-22)32-24(36(28)56)16-27(43)34(37(32)58-3)53-17-21-5-4-9-50(2)29(21)20-53/h15-16,18-19,21-22,29H,4-14,17,20H2,1-3H3,(H2,45,46,48,57). The Labute approximate surface area is 335 Å². The van der Waals surface area contributed by atoms with Crippen molar-refractivity contribution in [3.8, 4) is 17.2 Å². The van der Waals surface area contributed by atoms with Crippen LogP contribution in [0.5, 0.6) is 5.75 Å². The SMILES string of the molecule is COc1c(N2CC3CCCN(C)C3C2)c(F)cc2c(=O)c(NC(=O)Nc3nnc(-c4cn(CCF)c5c(F)c(N6CCN(C)CC6)c(F)cc5c4=O)o3)cn(C3CC3)c12. The molecule has 5 aromatic rings. The minimum absolute atomic E-state index is 0.0107. The Morgan fingerprint density at radius 3 is 2.31 bits per heavy atom. The number of urea groups is 1. The van der Waals surface area contributed by atoms with E-state index in [0.717, 1.165) is 49.1 Å². The Hall–Kier alpha value is -5.69. The van der Waals surface area contributed by atoms with Gasteiger partial charge >= 0.3 is 12.0 Å². The van der Waals surface area contributed by atoms with E-state index in [4.69, 9.17) is 9.15 Å². The lowest BCUT2D eigenvalue weighted by atomic mass is 9.93. The molecule has 2 aromatic carbocycles. The maximum absolute atomic E-state index is 16.2. The molecule has 15 nitrogen and oxygen atoms in total. The first-order valence-corrected chi connectivity index (χ1v) is 19.8. The molecule has 1 saturated carbocycles. The summed E-state index contributed by atoms with van der Waals surface area (Å²) in [6.07, 6.45) is 6.42. The minimum Gasteiger partial charge on any atom is -0.492 e. The fourth-order valence-electron chi connectivity index (χ4n) is 9.10. The summed E-state index contributed by atoms with van der Waals surface area (Å²) in [5.74, 6) is -2.29. The molecule has 2 atom stereocenters. The molecular weight excluding hydrogens is 776 g/mol. The van der Waals surface area contributed by atoms with Crippen LogP contribution < -0.4 is 36.0 Å². The molecule has 59 heavy (non-hydrogen) atoms. The molecule has 2 N–H and O–H groups in total. The van der Waals surface area contributed by atoms with Crippen molar-refractivity contribution in [2.24, 2.45) is 5.92 Å². The van der Waals surface area contributed by atoms with E-state index in [-0.39, 0.29) is 57.6 Å². The third-order valence-electron chi connectivity index (χ3n) is 12.2. The maximum atomic E-state index is 16.2. The number of likely N-dealkylation sites (tertiary alicyclic amines) is 1. The molecule has 9 rings (SSSR count). The highest BCUT2D eigenvalue weighted by molar-refractivity contribution is 6.01. The normalized spacial score (nSPS) is 20.1. The molecule has 312 valence electrons. The summed E-state index contributed by atoms with van der Waals surface area (Å²) < 4.78 is 76.1. The van der Waals surface area contributed by atoms with E-state index in [1.807, 2.05) is 21.4 Å². The van der Waals surface area contributed by atoms with Crippen molar-refractivity contribution in [2.75, 3.05) is 94.1 Å². The van der Waals surface area contributed by atoms with Gasteiger partial charge in [-0.05, 0) is 64.4 Å². The molecule has 3 saturated heterocycles. The van der Waals surface area contributed by atoms with Crippen LogP contribution in [0.4, 0.5) is 45.4 Å². The number of benzene rings is 2. The lowest BCUT2D eigenvalue weighted by Crippen LogP contribution is -2.45. The summed E-state index contributed by atoms with van der Waals surface area (Å²) in [6, 6.07) is 0.972. The number of nitrogens with one attached hydrogen (secondary N) is 2. The largest absolute Gasteiger partial charge is 0.492 e. The van der Waals surface area contributed by atoms with Crippen molar-refractivity contribution in [3.05, 3.63) is 62.4 Å². The average molecular weight is 821 g/mol. The molecule has 4 fully saturated rings. The minimum atomic E-state index is -0.987. The molecule has 0 spiro atoms. The Morgan fingerprint density at radius 2 is 1.61 bits per heavy atom. The highest BCUT2D eigenvalue weighted by Crippen LogP contribution is 2.46. The molecule has 0 bridgehead atoms. The van der Waals surface area contributed by atoms with Crippen LogP contribution in [0.1, 0.15) is 31.7 Å². The summed E-state index contributed by atoms with van der Waals surface area (Å²) in [4.78, 5) is 48.9. The van der Waals surface area contributed by atoms with Crippen LogP contribution in [0.3, 0.4) is 0 Å². The van der Waals surface area contributed by atoms with Crippen LogP contribution in [0.15, 0.2) is 38.5 Å². The first-order valence-electron chi connectivity index (χ1n) is 19.8. The van der Waals surface area contributed by atoms with Crippen LogP contribution in [-0.4, -0.2) is 115 Å². The zero-order valence-electron chi connectivity index (χ0n) is 32.9. The number of fused-ring (bicyclic) bond motifs is 3. The van der Waals surface area contributed by atoms with Crippen molar-refractivity contribution < 1.29 is 31.5 Å². The number of hydrogen-bond donors (Lipinski definition) is 2. The van der Waals surface area contributed by atoms with Gasteiger partial charge in [0.05, 0.1) is 35.5 Å². The Morgan fingerprint density at radius 1 is 0.881 bits per heavy atom. The maximum Gasteiger partial charge on any atom is 0.327 e. The smallest absolute Gasteiger partial charge is 0.327 e. The number of ether oxygens (including phenoxy) is 1. The van der Waals surface area contributed by atoms with Gasteiger partial charge in [0.25, 0.3) is 5.89 Å². The lowest BCUT2D eigenvalue weighted by Gasteiger charge is -2.34. The molecule has 19 heteroatoms. The first-order chi connectivity index (χ1) is 28.4. The molecule has 2 amide bonds. The third-order valence-corrected chi connectivity index (χ3v) is 12.2. The van der Waals surface area contributed by atoms with Gasteiger partial charge in [0.15, 0.2) is 17.4 Å². The van der Waals surface area contributed by atoms with E-state index < -0.39 is 52.9 Å². The number of piperazine rings is 1. The van der Waals surface area contributed by atoms with Crippen molar-refractivity contribution in [1.82, 2.24) is 29.1 Å². The zero-order chi connectivity index (χ0) is 41.3. The van der Waals surface area contributed by atoms with Gasteiger partial charge in [0.1, 0.15) is 35.1 Å². The Balaban J connectivity index is 0.999. The van der Waals surface area contributed by atoms with Crippen LogP contribution in [0, 0.1) is 23.4 Å². The van der Waals surface area contributed by atoms with E-state index in [2.05, 4.69) is 32.8 Å². The van der Waals surface area contributed by atoms with Crippen molar-refractivity contribution in [2.45, 2.75) is 44.3 Å². The highest BCUT2D eigenvalue weighted by atomic mass is 19.1. The molecule has 3 aromatic heterocycles. The number of likely N-dealkylation sites (N-methyl/N-ethyl adjacent to an activating group) is 2. The molecule has 0 radical (unpaired) electrons. The number of amides is 2. The van der Waals surface area contributed by atoms with Gasteiger partial charge in [-0.25, -0.2) is 22.4 Å². The second-order valence-electron chi connectivity index (χ2n) is 16.0. The van der Waals surface area contributed by atoms with Crippen molar-refractivity contribution in [1.29, 1.82) is 0 Å². The predicted molar refractivity (Wildman–Crippen MR) is 214 cm³/mol. The molecule has 6 heterocycles. The van der Waals surface area contributed by atoms with E-state index >= 15 is 13.2 Å². The van der Waals surface area contributed by atoms with Gasteiger partial charge in [-0.3, -0.25) is 14.9 Å².